The van der Waals surface area contributed by atoms with Crippen LogP contribution in [0.1, 0.15) is 46.0 Å². The normalized spacial score (nSPS) is 27.2. The Hall–Kier alpha value is -0.0900. The van der Waals surface area contributed by atoms with Gasteiger partial charge >= 0.3 is 0 Å². The van der Waals surface area contributed by atoms with Crippen molar-refractivity contribution in [1.82, 2.24) is 5.32 Å². The van der Waals surface area contributed by atoms with E-state index in [9.17, 15) is 8.42 Å². The molecule has 0 heterocycles. The number of rotatable bonds is 7. The van der Waals surface area contributed by atoms with E-state index in [1.165, 1.54) is 19.3 Å². The van der Waals surface area contributed by atoms with E-state index in [-0.39, 0.29) is 5.75 Å². The summed E-state index contributed by atoms with van der Waals surface area (Å²) in [5.74, 6) is 2.22. The average Bonchev–Trinajstić information content (AvgIpc) is 2.71. The lowest BCUT2D eigenvalue weighted by molar-refractivity contribution is 0.349. The first-order valence-electron chi connectivity index (χ1n) is 6.86. The van der Waals surface area contributed by atoms with Crippen molar-refractivity contribution in [3.63, 3.8) is 0 Å². The van der Waals surface area contributed by atoms with Gasteiger partial charge in [0, 0.05) is 11.8 Å². The minimum Gasteiger partial charge on any atom is -0.317 e. The van der Waals surface area contributed by atoms with Gasteiger partial charge in [0.15, 0.2) is 0 Å². The first kappa shape index (κ1) is 15.0. The summed E-state index contributed by atoms with van der Waals surface area (Å²) in [6, 6.07) is 0.506. The van der Waals surface area contributed by atoms with Crippen LogP contribution in [0, 0.1) is 11.8 Å². The van der Waals surface area contributed by atoms with E-state index in [4.69, 9.17) is 0 Å². The van der Waals surface area contributed by atoms with Crippen LogP contribution in [0.5, 0.6) is 0 Å². The van der Waals surface area contributed by atoms with Crippen LogP contribution in [0.4, 0.5) is 0 Å². The van der Waals surface area contributed by atoms with Crippen LogP contribution in [0.3, 0.4) is 0 Å². The van der Waals surface area contributed by atoms with E-state index in [2.05, 4.69) is 12.2 Å². The molecule has 0 radical (unpaired) electrons. The number of nitrogens with one attached hydrogen (secondary N) is 1. The second kappa shape index (κ2) is 6.74. The molecule has 0 bridgehead atoms. The van der Waals surface area contributed by atoms with Crippen molar-refractivity contribution in [3.05, 3.63) is 0 Å². The molecule has 3 unspecified atom stereocenters. The predicted octanol–water partition coefficient (Wildman–Crippen LogP) is 2.23. The van der Waals surface area contributed by atoms with Crippen molar-refractivity contribution in [2.45, 2.75) is 52.0 Å². The summed E-state index contributed by atoms with van der Waals surface area (Å²) in [4.78, 5) is 0. The summed E-state index contributed by atoms with van der Waals surface area (Å²) < 4.78 is 22.8. The highest BCUT2D eigenvalue weighted by Crippen LogP contribution is 2.33. The molecule has 1 rings (SSSR count). The molecule has 1 aliphatic carbocycles. The third-order valence-corrected chi connectivity index (χ3v) is 5.88. The Morgan fingerprint density at radius 1 is 1.35 bits per heavy atom. The summed E-state index contributed by atoms with van der Waals surface area (Å²) in [5, 5.41) is 3.37. The van der Waals surface area contributed by atoms with Crippen LogP contribution in [-0.2, 0) is 9.84 Å². The molecule has 3 nitrogen and oxygen atoms in total. The van der Waals surface area contributed by atoms with Crippen molar-refractivity contribution in [2.75, 3.05) is 18.6 Å². The molecular formula is C13H27NO2S. The van der Waals surface area contributed by atoms with E-state index in [0.717, 1.165) is 24.7 Å². The van der Waals surface area contributed by atoms with Crippen molar-refractivity contribution in [3.8, 4) is 0 Å². The molecule has 0 aromatic carbocycles. The van der Waals surface area contributed by atoms with Gasteiger partial charge in [-0.15, -0.1) is 0 Å². The highest BCUT2D eigenvalue weighted by Gasteiger charge is 2.27. The van der Waals surface area contributed by atoms with Crippen LogP contribution >= 0.6 is 0 Å². The molecule has 3 atom stereocenters. The van der Waals surface area contributed by atoms with Crippen LogP contribution in [-0.4, -0.2) is 33.0 Å². The SMILES string of the molecule is CCS(=O)(=O)CCCC(NC)C1CCC(C)C1. The highest BCUT2D eigenvalue weighted by molar-refractivity contribution is 7.91. The van der Waals surface area contributed by atoms with Gasteiger partial charge in [0.2, 0.25) is 0 Å². The Kier molecular flexibility index (Phi) is 5.93. The fourth-order valence-corrected chi connectivity index (χ4v) is 3.79. The second-order valence-electron chi connectivity index (χ2n) is 5.45. The lowest BCUT2D eigenvalue weighted by atomic mass is 9.93. The number of hydrogen-bond acceptors (Lipinski definition) is 3. The summed E-state index contributed by atoms with van der Waals surface area (Å²) in [7, 11) is -0.783. The average molecular weight is 261 g/mol. The first-order chi connectivity index (χ1) is 7.98. The van der Waals surface area contributed by atoms with Gasteiger partial charge in [-0.2, -0.15) is 0 Å². The van der Waals surface area contributed by atoms with E-state index in [1.54, 1.807) is 6.92 Å². The Labute approximate surface area is 106 Å². The lowest BCUT2D eigenvalue weighted by Gasteiger charge is -2.23. The summed E-state index contributed by atoms with van der Waals surface area (Å²) in [6.45, 7) is 4.04. The summed E-state index contributed by atoms with van der Waals surface area (Å²) >= 11 is 0. The minimum atomic E-state index is -2.79. The number of hydrogen-bond donors (Lipinski definition) is 1. The van der Waals surface area contributed by atoms with Gasteiger partial charge in [-0.1, -0.05) is 20.3 Å². The molecule has 0 spiro atoms. The predicted molar refractivity (Wildman–Crippen MR) is 72.9 cm³/mol. The zero-order valence-corrected chi connectivity index (χ0v) is 12.2. The molecule has 102 valence electrons. The van der Waals surface area contributed by atoms with E-state index < -0.39 is 9.84 Å². The zero-order valence-electron chi connectivity index (χ0n) is 11.4. The van der Waals surface area contributed by atoms with Crippen LogP contribution in [0.15, 0.2) is 0 Å². The van der Waals surface area contributed by atoms with Crippen LogP contribution in [0.2, 0.25) is 0 Å². The maximum Gasteiger partial charge on any atom is 0.150 e. The molecule has 4 heteroatoms. The Balaban J connectivity index is 2.33. The van der Waals surface area contributed by atoms with E-state index in [1.807, 2.05) is 7.05 Å². The first-order valence-corrected chi connectivity index (χ1v) is 8.68. The van der Waals surface area contributed by atoms with Gasteiger partial charge < -0.3 is 5.32 Å². The van der Waals surface area contributed by atoms with Gasteiger partial charge in [-0.25, -0.2) is 8.42 Å². The molecule has 17 heavy (non-hydrogen) atoms. The highest BCUT2D eigenvalue weighted by atomic mass is 32.2. The largest absolute Gasteiger partial charge is 0.317 e. The molecule has 0 amide bonds. The van der Waals surface area contributed by atoms with Gasteiger partial charge in [-0.05, 0) is 44.6 Å². The van der Waals surface area contributed by atoms with Crippen molar-refractivity contribution in [2.24, 2.45) is 11.8 Å². The molecule has 1 aliphatic rings. The smallest absolute Gasteiger partial charge is 0.150 e. The zero-order chi connectivity index (χ0) is 12.9. The summed E-state index contributed by atoms with van der Waals surface area (Å²) in [6.07, 6.45) is 5.72. The van der Waals surface area contributed by atoms with E-state index in [0.29, 0.717) is 11.8 Å². The van der Waals surface area contributed by atoms with Gasteiger partial charge in [0.05, 0.1) is 5.75 Å². The lowest BCUT2D eigenvalue weighted by Crippen LogP contribution is -2.32. The third-order valence-electron chi connectivity index (χ3n) is 4.09. The van der Waals surface area contributed by atoms with E-state index >= 15 is 0 Å². The van der Waals surface area contributed by atoms with Crippen molar-refractivity contribution >= 4 is 9.84 Å². The van der Waals surface area contributed by atoms with Crippen LogP contribution in [0.25, 0.3) is 0 Å². The fourth-order valence-electron chi connectivity index (χ4n) is 2.90. The molecule has 0 aromatic heterocycles. The summed E-state index contributed by atoms with van der Waals surface area (Å²) in [5.41, 5.74) is 0. The molecular weight excluding hydrogens is 234 g/mol. The second-order valence-corrected chi connectivity index (χ2v) is 7.92. The standard InChI is InChI=1S/C13H27NO2S/c1-4-17(15,16)9-5-6-13(14-3)12-8-7-11(2)10-12/h11-14H,4-10H2,1-3H3. The minimum absolute atomic E-state index is 0.275. The van der Waals surface area contributed by atoms with Gasteiger partial charge in [-0.3, -0.25) is 0 Å². The van der Waals surface area contributed by atoms with Crippen LogP contribution < -0.4 is 5.32 Å². The van der Waals surface area contributed by atoms with Crippen molar-refractivity contribution in [1.29, 1.82) is 0 Å². The molecule has 1 fully saturated rings. The van der Waals surface area contributed by atoms with Gasteiger partial charge in [0.1, 0.15) is 9.84 Å². The molecule has 1 N–H and O–H groups in total. The fraction of sp³-hybridized carbons (Fsp3) is 1.00. The molecule has 1 saturated carbocycles. The quantitative estimate of drug-likeness (QED) is 0.764. The number of sulfone groups is 1. The Bertz CT molecular complexity index is 313. The van der Waals surface area contributed by atoms with Crippen molar-refractivity contribution < 1.29 is 8.42 Å². The maximum atomic E-state index is 11.4. The third kappa shape index (κ3) is 4.96. The Morgan fingerprint density at radius 3 is 2.53 bits per heavy atom. The molecule has 0 aliphatic heterocycles. The monoisotopic (exact) mass is 261 g/mol. The topological polar surface area (TPSA) is 46.2 Å². The van der Waals surface area contributed by atoms with Gasteiger partial charge in [0.25, 0.3) is 0 Å². The maximum absolute atomic E-state index is 11.4. The Morgan fingerprint density at radius 2 is 2.06 bits per heavy atom. The molecule has 0 saturated heterocycles. The molecule has 0 aromatic rings.